The molecule has 1 aromatic rings. The van der Waals surface area contributed by atoms with E-state index in [0.717, 1.165) is 0 Å². The minimum absolute atomic E-state index is 0.325. The van der Waals surface area contributed by atoms with Crippen molar-refractivity contribution in [3.8, 4) is 0 Å². The molecule has 5 heteroatoms. The van der Waals surface area contributed by atoms with Crippen LogP contribution < -0.4 is 10.8 Å². The Kier molecular flexibility index (Phi) is 3.05. The minimum atomic E-state index is -1.53. The standard InChI is InChI=1S/C8H9BNO3/c1-6(11)10-8-4-2-3-7(5-8)9(12)13/h2-5,12-13H,1H2,(H,10,11). The largest absolute Gasteiger partial charge is 0.488 e. The van der Waals surface area contributed by atoms with Gasteiger partial charge in [0.2, 0.25) is 5.91 Å². The number of carbonyl (C=O) groups is 1. The fourth-order valence-corrected chi connectivity index (χ4v) is 0.938. The Morgan fingerprint density at radius 3 is 2.69 bits per heavy atom. The molecule has 0 spiro atoms. The molecule has 3 N–H and O–H groups in total. The quantitative estimate of drug-likeness (QED) is 0.516. The molecule has 13 heavy (non-hydrogen) atoms. The van der Waals surface area contributed by atoms with Gasteiger partial charge in [-0.2, -0.15) is 0 Å². The number of amides is 1. The molecule has 0 heterocycles. The van der Waals surface area contributed by atoms with Gasteiger partial charge in [0.1, 0.15) is 0 Å². The predicted molar refractivity (Wildman–Crippen MR) is 50.3 cm³/mol. The van der Waals surface area contributed by atoms with Gasteiger partial charge < -0.3 is 15.4 Å². The van der Waals surface area contributed by atoms with E-state index in [4.69, 9.17) is 10.0 Å². The number of nitrogens with one attached hydrogen (secondary N) is 1. The molecule has 0 aliphatic heterocycles. The highest BCUT2D eigenvalue weighted by atomic mass is 16.4. The van der Waals surface area contributed by atoms with Gasteiger partial charge in [-0.05, 0) is 17.6 Å². The van der Waals surface area contributed by atoms with Gasteiger partial charge >= 0.3 is 7.12 Å². The highest BCUT2D eigenvalue weighted by Gasteiger charge is 2.10. The van der Waals surface area contributed by atoms with Crippen LogP contribution in [-0.2, 0) is 4.79 Å². The van der Waals surface area contributed by atoms with Gasteiger partial charge in [-0.25, -0.2) is 0 Å². The van der Waals surface area contributed by atoms with E-state index in [-0.39, 0.29) is 0 Å². The average molecular weight is 178 g/mol. The molecular formula is C8H9BNO3. The predicted octanol–water partition coefficient (Wildman–Crippen LogP) is -0.861. The summed E-state index contributed by atoms with van der Waals surface area (Å²) >= 11 is 0. The first-order chi connectivity index (χ1) is 6.09. The molecule has 1 aromatic carbocycles. The van der Waals surface area contributed by atoms with Crippen LogP contribution in [0, 0.1) is 6.92 Å². The fraction of sp³-hybridized carbons (Fsp3) is 0. The highest BCUT2D eigenvalue weighted by molar-refractivity contribution is 6.58. The number of benzene rings is 1. The van der Waals surface area contributed by atoms with Crippen molar-refractivity contribution >= 4 is 24.2 Å². The molecule has 1 radical (unpaired) electrons. The molecule has 1 rings (SSSR count). The van der Waals surface area contributed by atoms with Gasteiger partial charge in [0.05, 0.1) is 0 Å². The van der Waals surface area contributed by atoms with Crippen molar-refractivity contribution in [1.82, 2.24) is 0 Å². The summed E-state index contributed by atoms with van der Waals surface area (Å²) in [6, 6.07) is 6.26. The molecule has 0 fully saturated rings. The van der Waals surface area contributed by atoms with Crippen molar-refractivity contribution < 1.29 is 14.8 Å². The Labute approximate surface area is 76.4 Å². The summed E-state index contributed by atoms with van der Waals surface area (Å²) in [5, 5.41) is 20.0. The van der Waals surface area contributed by atoms with Crippen molar-refractivity contribution in [3.05, 3.63) is 31.2 Å². The zero-order valence-electron chi connectivity index (χ0n) is 6.90. The molecule has 0 aliphatic carbocycles. The first-order valence-electron chi connectivity index (χ1n) is 3.68. The zero-order valence-corrected chi connectivity index (χ0v) is 6.90. The van der Waals surface area contributed by atoms with Crippen LogP contribution >= 0.6 is 0 Å². The zero-order chi connectivity index (χ0) is 9.84. The van der Waals surface area contributed by atoms with E-state index in [2.05, 4.69) is 12.2 Å². The lowest BCUT2D eigenvalue weighted by atomic mass is 9.80. The summed E-state index contributed by atoms with van der Waals surface area (Å²) in [6.45, 7) is 3.13. The highest BCUT2D eigenvalue weighted by Crippen LogP contribution is 2.03. The summed E-state index contributed by atoms with van der Waals surface area (Å²) in [7, 11) is -1.53. The number of hydrogen-bond donors (Lipinski definition) is 3. The van der Waals surface area contributed by atoms with Crippen molar-refractivity contribution in [2.24, 2.45) is 0 Å². The topological polar surface area (TPSA) is 69.6 Å². The second-order valence-electron chi connectivity index (χ2n) is 2.55. The molecule has 67 valence electrons. The number of rotatable bonds is 2. The van der Waals surface area contributed by atoms with E-state index in [1.165, 1.54) is 6.07 Å². The van der Waals surface area contributed by atoms with Crippen LogP contribution in [0.1, 0.15) is 0 Å². The van der Waals surface area contributed by atoms with E-state index >= 15 is 0 Å². The molecule has 0 saturated heterocycles. The summed E-state index contributed by atoms with van der Waals surface area (Å²) < 4.78 is 0. The van der Waals surface area contributed by atoms with Crippen LogP contribution in [0.15, 0.2) is 24.3 Å². The fourth-order valence-electron chi connectivity index (χ4n) is 0.938. The van der Waals surface area contributed by atoms with Crippen molar-refractivity contribution in [1.29, 1.82) is 0 Å². The average Bonchev–Trinajstić information content (AvgIpc) is 2.03. The smallest absolute Gasteiger partial charge is 0.423 e. The van der Waals surface area contributed by atoms with Gasteiger partial charge in [0.25, 0.3) is 0 Å². The maximum absolute atomic E-state index is 10.5. The van der Waals surface area contributed by atoms with E-state index in [0.29, 0.717) is 11.2 Å². The molecule has 4 nitrogen and oxygen atoms in total. The maximum atomic E-state index is 10.5. The van der Waals surface area contributed by atoms with E-state index in [1.54, 1.807) is 18.2 Å². The van der Waals surface area contributed by atoms with Crippen molar-refractivity contribution in [2.75, 3.05) is 5.32 Å². The molecule has 0 aromatic heterocycles. The van der Waals surface area contributed by atoms with Crippen LogP contribution in [0.25, 0.3) is 0 Å². The van der Waals surface area contributed by atoms with Gasteiger partial charge in [-0.3, -0.25) is 4.79 Å². The maximum Gasteiger partial charge on any atom is 0.488 e. The minimum Gasteiger partial charge on any atom is -0.423 e. The molecule has 0 aliphatic rings. The Morgan fingerprint density at radius 1 is 1.46 bits per heavy atom. The monoisotopic (exact) mass is 178 g/mol. The second kappa shape index (κ2) is 4.07. The lowest BCUT2D eigenvalue weighted by molar-refractivity contribution is -0.112. The Hall–Kier alpha value is -1.33. The molecule has 1 amide bonds. The van der Waals surface area contributed by atoms with Crippen LogP contribution in [0.5, 0.6) is 0 Å². The Morgan fingerprint density at radius 2 is 2.15 bits per heavy atom. The molecule has 0 unspecified atom stereocenters. The first-order valence-corrected chi connectivity index (χ1v) is 3.68. The van der Waals surface area contributed by atoms with Crippen LogP contribution in [-0.4, -0.2) is 23.1 Å². The number of hydrogen-bond acceptors (Lipinski definition) is 3. The normalized spacial score (nSPS) is 9.46. The summed E-state index contributed by atoms with van der Waals surface area (Å²) in [6.07, 6.45) is 0. The third kappa shape index (κ3) is 2.89. The van der Waals surface area contributed by atoms with Crippen molar-refractivity contribution in [3.63, 3.8) is 0 Å². The second-order valence-corrected chi connectivity index (χ2v) is 2.55. The Balaban J connectivity index is 2.85. The summed E-state index contributed by atoms with van der Waals surface area (Å²) in [5.41, 5.74) is 0.817. The lowest BCUT2D eigenvalue weighted by Gasteiger charge is -2.04. The van der Waals surface area contributed by atoms with Gasteiger partial charge in [-0.1, -0.05) is 12.1 Å². The van der Waals surface area contributed by atoms with Gasteiger partial charge in [0.15, 0.2) is 0 Å². The number of anilines is 1. The van der Waals surface area contributed by atoms with Gasteiger partial charge in [-0.15, -0.1) is 0 Å². The van der Waals surface area contributed by atoms with E-state index < -0.39 is 13.0 Å². The summed E-state index contributed by atoms with van der Waals surface area (Å²) in [5.74, 6) is -0.440. The van der Waals surface area contributed by atoms with Gasteiger partial charge in [0, 0.05) is 12.6 Å². The third-order valence-corrected chi connectivity index (χ3v) is 1.47. The van der Waals surface area contributed by atoms with Crippen LogP contribution in [0.2, 0.25) is 0 Å². The van der Waals surface area contributed by atoms with Crippen LogP contribution in [0.3, 0.4) is 0 Å². The van der Waals surface area contributed by atoms with Crippen molar-refractivity contribution in [2.45, 2.75) is 0 Å². The SMILES string of the molecule is [CH2]C(=O)Nc1cccc(B(O)O)c1. The van der Waals surface area contributed by atoms with E-state index in [1.807, 2.05) is 0 Å². The summed E-state index contributed by atoms with van der Waals surface area (Å²) in [4.78, 5) is 10.5. The third-order valence-electron chi connectivity index (χ3n) is 1.47. The first kappa shape index (κ1) is 9.76. The molecule has 0 saturated carbocycles. The Bertz CT molecular complexity index is 314. The molecular weight excluding hydrogens is 169 g/mol. The number of carbonyl (C=O) groups excluding carboxylic acids is 1. The van der Waals surface area contributed by atoms with Crippen LogP contribution in [0.4, 0.5) is 5.69 Å². The molecule has 0 bridgehead atoms. The molecule has 0 atom stereocenters. The van der Waals surface area contributed by atoms with E-state index in [9.17, 15) is 4.79 Å². The lowest BCUT2D eigenvalue weighted by Crippen LogP contribution is -2.29.